The predicted molar refractivity (Wildman–Crippen MR) is 108 cm³/mol. The highest BCUT2D eigenvalue weighted by Gasteiger charge is 2.35. The molecule has 0 radical (unpaired) electrons. The first-order valence-electron chi connectivity index (χ1n) is 9.11. The number of aromatic nitrogens is 1. The van der Waals surface area contributed by atoms with Crippen molar-refractivity contribution >= 4 is 22.8 Å². The van der Waals surface area contributed by atoms with Gasteiger partial charge in [0.05, 0.1) is 12.2 Å². The number of carbonyl (C=O) groups excluding carboxylic acids is 1. The number of nitrogens with zero attached hydrogens (tertiary/aromatic N) is 1. The Morgan fingerprint density at radius 1 is 1.11 bits per heavy atom. The monoisotopic (exact) mass is 380 g/mol. The van der Waals surface area contributed by atoms with Crippen molar-refractivity contribution in [2.75, 3.05) is 20.3 Å². The van der Waals surface area contributed by atoms with Gasteiger partial charge in [0.25, 0.3) is 5.91 Å². The molecule has 6 nitrogen and oxygen atoms in total. The molecule has 146 valence electrons. The lowest BCUT2D eigenvalue weighted by Gasteiger charge is -2.25. The van der Waals surface area contributed by atoms with Gasteiger partial charge in [-0.05, 0) is 18.6 Å². The molecule has 3 aromatic rings. The van der Waals surface area contributed by atoms with Crippen molar-refractivity contribution in [3.8, 4) is 0 Å². The summed E-state index contributed by atoms with van der Waals surface area (Å²) in [5.74, 6) is -1.28. The van der Waals surface area contributed by atoms with E-state index in [1.54, 1.807) is 44.5 Å². The minimum Gasteiger partial charge on any atom is -0.481 e. The van der Waals surface area contributed by atoms with Crippen LogP contribution in [-0.2, 0) is 21.5 Å². The van der Waals surface area contributed by atoms with E-state index in [4.69, 9.17) is 4.74 Å². The smallest absolute Gasteiger partial charge is 0.315 e. The number of benzene rings is 2. The van der Waals surface area contributed by atoms with Gasteiger partial charge in [-0.25, -0.2) is 0 Å². The maximum atomic E-state index is 12.9. The zero-order valence-electron chi connectivity index (χ0n) is 16.0. The van der Waals surface area contributed by atoms with Gasteiger partial charge in [-0.3, -0.25) is 9.59 Å². The molecule has 6 heteroatoms. The molecular formula is C22H24N2O4. The van der Waals surface area contributed by atoms with Crippen LogP contribution in [0.4, 0.5) is 0 Å². The van der Waals surface area contributed by atoms with Crippen molar-refractivity contribution < 1.29 is 19.4 Å². The van der Waals surface area contributed by atoms with Crippen molar-refractivity contribution in [3.05, 3.63) is 71.9 Å². The fraction of sp³-hybridized carbons (Fsp3) is 0.273. The van der Waals surface area contributed by atoms with Crippen molar-refractivity contribution in [1.82, 2.24) is 9.88 Å². The standard InChI is InChI=1S/C22H24N2O4/c1-22(21(26)27,16-8-4-3-5-9-16)15-23-20(25)18-14-24(12-13-28-2)19-11-7-6-10-17(18)19/h3-11,14H,12-13,15H2,1-2H3,(H,23,25)(H,26,27). The normalized spacial score (nSPS) is 13.2. The number of methoxy groups -OCH3 is 1. The van der Waals surface area contributed by atoms with Crippen LogP contribution in [0.25, 0.3) is 10.9 Å². The molecule has 1 aromatic heterocycles. The Morgan fingerprint density at radius 2 is 1.79 bits per heavy atom. The average molecular weight is 380 g/mol. The zero-order valence-corrected chi connectivity index (χ0v) is 16.0. The topological polar surface area (TPSA) is 80.6 Å². The highest BCUT2D eigenvalue weighted by atomic mass is 16.5. The van der Waals surface area contributed by atoms with E-state index in [2.05, 4.69) is 5.32 Å². The number of hydrogen-bond acceptors (Lipinski definition) is 3. The van der Waals surface area contributed by atoms with Crippen LogP contribution in [-0.4, -0.2) is 41.8 Å². The molecule has 0 saturated heterocycles. The number of rotatable bonds is 8. The molecule has 2 aromatic carbocycles. The summed E-state index contributed by atoms with van der Waals surface area (Å²) in [5, 5.41) is 13.4. The van der Waals surface area contributed by atoms with Crippen LogP contribution >= 0.6 is 0 Å². The number of ether oxygens (including phenoxy) is 1. The van der Waals surface area contributed by atoms with Gasteiger partial charge in [0.2, 0.25) is 0 Å². The van der Waals surface area contributed by atoms with Crippen LogP contribution in [0.15, 0.2) is 60.8 Å². The van der Waals surface area contributed by atoms with Gasteiger partial charge in [0.1, 0.15) is 5.41 Å². The van der Waals surface area contributed by atoms with Crippen molar-refractivity contribution in [2.24, 2.45) is 0 Å². The Balaban J connectivity index is 1.86. The van der Waals surface area contributed by atoms with Gasteiger partial charge in [-0.15, -0.1) is 0 Å². The Hall–Kier alpha value is -3.12. The molecule has 1 heterocycles. The largest absolute Gasteiger partial charge is 0.481 e. The third kappa shape index (κ3) is 3.77. The molecule has 2 N–H and O–H groups in total. The third-order valence-electron chi connectivity index (χ3n) is 5.05. The molecule has 1 amide bonds. The summed E-state index contributed by atoms with van der Waals surface area (Å²) in [6.45, 7) is 2.77. The van der Waals surface area contributed by atoms with Crippen molar-refractivity contribution in [2.45, 2.75) is 18.9 Å². The Kier molecular flexibility index (Phi) is 5.80. The van der Waals surface area contributed by atoms with Gasteiger partial charge in [-0.1, -0.05) is 48.5 Å². The van der Waals surface area contributed by atoms with Crippen LogP contribution < -0.4 is 5.32 Å². The number of amides is 1. The minimum atomic E-state index is -1.22. The fourth-order valence-electron chi connectivity index (χ4n) is 3.26. The first kappa shape index (κ1) is 19.6. The van der Waals surface area contributed by atoms with Gasteiger partial charge < -0.3 is 19.7 Å². The minimum absolute atomic E-state index is 0.0112. The van der Waals surface area contributed by atoms with Crippen LogP contribution in [0.1, 0.15) is 22.8 Å². The number of nitrogens with one attached hydrogen (secondary N) is 1. The number of fused-ring (bicyclic) bond motifs is 1. The Labute approximate surface area is 163 Å². The molecule has 0 saturated carbocycles. The highest BCUT2D eigenvalue weighted by molar-refractivity contribution is 6.07. The van der Waals surface area contributed by atoms with E-state index in [-0.39, 0.29) is 12.5 Å². The fourth-order valence-corrected chi connectivity index (χ4v) is 3.26. The lowest BCUT2D eigenvalue weighted by Crippen LogP contribution is -2.44. The number of carbonyl (C=O) groups is 2. The number of para-hydroxylation sites is 1. The third-order valence-corrected chi connectivity index (χ3v) is 5.05. The van der Waals surface area contributed by atoms with E-state index < -0.39 is 11.4 Å². The van der Waals surface area contributed by atoms with Gasteiger partial charge in [0, 0.05) is 37.3 Å². The van der Waals surface area contributed by atoms with Crippen molar-refractivity contribution in [3.63, 3.8) is 0 Å². The van der Waals surface area contributed by atoms with Crippen molar-refractivity contribution in [1.29, 1.82) is 0 Å². The Bertz CT molecular complexity index is 981. The molecule has 1 atom stereocenters. The first-order valence-corrected chi connectivity index (χ1v) is 9.11. The molecule has 3 rings (SSSR count). The summed E-state index contributed by atoms with van der Waals surface area (Å²) in [6.07, 6.45) is 1.79. The molecule has 0 aliphatic rings. The Morgan fingerprint density at radius 3 is 2.46 bits per heavy atom. The summed E-state index contributed by atoms with van der Waals surface area (Å²) < 4.78 is 7.12. The molecule has 28 heavy (non-hydrogen) atoms. The highest BCUT2D eigenvalue weighted by Crippen LogP contribution is 2.25. The van der Waals surface area contributed by atoms with E-state index in [9.17, 15) is 14.7 Å². The first-order chi connectivity index (χ1) is 13.5. The van der Waals surface area contributed by atoms with Gasteiger partial charge in [-0.2, -0.15) is 0 Å². The number of carboxylic acids is 1. The lowest BCUT2D eigenvalue weighted by molar-refractivity contribution is -0.142. The number of hydrogen-bond donors (Lipinski definition) is 2. The summed E-state index contributed by atoms with van der Waals surface area (Å²) in [5.41, 5.74) is 0.886. The average Bonchev–Trinajstić information content (AvgIpc) is 3.09. The molecule has 0 spiro atoms. The molecule has 1 unspecified atom stereocenters. The van der Waals surface area contributed by atoms with Crippen LogP contribution in [0, 0.1) is 0 Å². The number of aliphatic carboxylic acids is 1. The van der Waals surface area contributed by atoms with E-state index in [0.717, 1.165) is 10.9 Å². The second kappa shape index (κ2) is 8.27. The maximum Gasteiger partial charge on any atom is 0.315 e. The van der Waals surface area contributed by atoms with Gasteiger partial charge >= 0.3 is 5.97 Å². The summed E-state index contributed by atoms with van der Waals surface area (Å²) >= 11 is 0. The van der Waals surface area contributed by atoms with Crippen LogP contribution in [0.3, 0.4) is 0 Å². The second-order valence-corrected chi connectivity index (χ2v) is 6.93. The molecular weight excluding hydrogens is 356 g/mol. The molecule has 0 bridgehead atoms. The lowest BCUT2D eigenvalue weighted by atomic mass is 9.82. The van der Waals surface area contributed by atoms with E-state index >= 15 is 0 Å². The summed E-state index contributed by atoms with van der Waals surface area (Å²) in [4.78, 5) is 24.8. The van der Waals surface area contributed by atoms with E-state index in [0.29, 0.717) is 24.3 Å². The predicted octanol–water partition coefficient (Wildman–Crippen LogP) is 3.06. The molecule has 0 aliphatic carbocycles. The van der Waals surface area contributed by atoms with Crippen LogP contribution in [0.2, 0.25) is 0 Å². The zero-order chi connectivity index (χ0) is 20.1. The quantitative estimate of drug-likeness (QED) is 0.629. The maximum absolute atomic E-state index is 12.9. The van der Waals surface area contributed by atoms with Crippen LogP contribution in [0.5, 0.6) is 0 Å². The molecule has 0 fully saturated rings. The van der Waals surface area contributed by atoms with E-state index in [1.165, 1.54) is 0 Å². The van der Waals surface area contributed by atoms with Gasteiger partial charge in [0.15, 0.2) is 0 Å². The summed E-state index contributed by atoms with van der Waals surface area (Å²) in [7, 11) is 1.63. The second-order valence-electron chi connectivity index (χ2n) is 6.93. The van der Waals surface area contributed by atoms with E-state index in [1.807, 2.05) is 34.9 Å². The number of carboxylic acid groups (broad SMARTS) is 1. The molecule has 0 aliphatic heterocycles. The SMILES string of the molecule is COCCn1cc(C(=O)NCC(C)(C(=O)O)c2ccccc2)c2ccccc21. The summed E-state index contributed by atoms with van der Waals surface area (Å²) in [6, 6.07) is 16.6.